The highest BCUT2D eigenvalue weighted by Gasteiger charge is 2.14. The van der Waals surface area contributed by atoms with Crippen LogP contribution in [0.5, 0.6) is 0 Å². The standard InChI is InChI=1S/C23H20N2O2/c1-16-7-11-18(12-8-16)15-24-21-6-4-3-5-20(21)22(26)25(23(24)27)19-13-9-17(2)10-14-19/h3-14H,15H2,1-2H3. The summed E-state index contributed by atoms with van der Waals surface area (Å²) in [5.74, 6) is 0. The van der Waals surface area contributed by atoms with E-state index in [0.29, 0.717) is 23.1 Å². The summed E-state index contributed by atoms with van der Waals surface area (Å²) >= 11 is 0. The fourth-order valence-corrected chi connectivity index (χ4v) is 3.27. The van der Waals surface area contributed by atoms with Gasteiger partial charge in [-0.15, -0.1) is 0 Å². The lowest BCUT2D eigenvalue weighted by atomic mass is 10.1. The van der Waals surface area contributed by atoms with Gasteiger partial charge in [0, 0.05) is 0 Å². The smallest absolute Gasteiger partial charge is 0.288 e. The van der Waals surface area contributed by atoms with Gasteiger partial charge in [0.05, 0.1) is 23.1 Å². The van der Waals surface area contributed by atoms with Crippen LogP contribution in [0.1, 0.15) is 16.7 Å². The van der Waals surface area contributed by atoms with Gasteiger partial charge in [0.1, 0.15) is 0 Å². The Morgan fingerprint density at radius 3 is 2.00 bits per heavy atom. The summed E-state index contributed by atoms with van der Waals surface area (Å²) in [4.78, 5) is 26.3. The van der Waals surface area contributed by atoms with Crippen molar-refractivity contribution in [3.05, 3.63) is 110 Å². The number of aryl methyl sites for hydroxylation is 2. The van der Waals surface area contributed by atoms with E-state index >= 15 is 0 Å². The van der Waals surface area contributed by atoms with Crippen LogP contribution in [0, 0.1) is 13.8 Å². The molecule has 4 heteroatoms. The Labute approximate surface area is 157 Å². The van der Waals surface area contributed by atoms with Gasteiger partial charge in [0.25, 0.3) is 5.56 Å². The molecule has 0 spiro atoms. The summed E-state index contributed by atoms with van der Waals surface area (Å²) in [6.07, 6.45) is 0. The number of hydrogen-bond donors (Lipinski definition) is 0. The van der Waals surface area contributed by atoms with Crippen molar-refractivity contribution in [1.82, 2.24) is 9.13 Å². The summed E-state index contributed by atoms with van der Waals surface area (Å²) in [6, 6.07) is 22.8. The Hall–Kier alpha value is -3.40. The predicted octanol–water partition coefficient (Wildman–Crippen LogP) is 3.82. The van der Waals surface area contributed by atoms with Gasteiger partial charge in [-0.1, -0.05) is 59.7 Å². The zero-order valence-electron chi connectivity index (χ0n) is 15.3. The highest BCUT2D eigenvalue weighted by molar-refractivity contribution is 5.78. The minimum Gasteiger partial charge on any atom is -0.288 e. The molecule has 134 valence electrons. The zero-order valence-corrected chi connectivity index (χ0v) is 15.3. The third-order valence-electron chi connectivity index (χ3n) is 4.80. The molecule has 0 bridgehead atoms. The number of nitrogens with zero attached hydrogens (tertiary/aromatic N) is 2. The summed E-state index contributed by atoms with van der Waals surface area (Å²) in [5.41, 5.74) is 3.87. The first kappa shape index (κ1) is 17.0. The average molecular weight is 356 g/mol. The molecule has 0 unspecified atom stereocenters. The van der Waals surface area contributed by atoms with Gasteiger partial charge in [-0.25, -0.2) is 9.36 Å². The topological polar surface area (TPSA) is 44.0 Å². The monoisotopic (exact) mass is 356 g/mol. The van der Waals surface area contributed by atoms with Crippen molar-refractivity contribution in [1.29, 1.82) is 0 Å². The maximum absolute atomic E-state index is 13.3. The van der Waals surface area contributed by atoms with Crippen molar-refractivity contribution in [3.8, 4) is 5.69 Å². The molecule has 0 saturated carbocycles. The lowest BCUT2D eigenvalue weighted by Crippen LogP contribution is -2.39. The third-order valence-corrected chi connectivity index (χ3v) is 4.80. The minimum atomic E-state index is -0.330. The van der Waals surface area contributed by atoms with Gasteiger partial charge in [0.2, 0.25) is 0 Å². The maximum atomic E-state index is 13.3. The molecule has 27 heavy (non-hydrogen) atoms. The first-order valence-corrected chi connectivity index (χ1v) is 8.92. The van der Waals surface area contributed by atoms with E-state index in [1.165, 1.54) is 10.1 Å². The van der Waals surface area contributed by atoms with E-state index < -0.39 is 0 Å². The first-order valence-electron chi connectivity index (χ1n) is 8.92. The van der Waals surface area contributed by atoms with Crippen molar-refractivity contribution in [2.45, 2.75) is 20.4 Å². The van der Waals surface area contributed by atoms with Crippen molar-refractivity contribution < 1.29 is 0 Å². The summed E-state index contributed by atoms with van der Waals surface area (Å²) in [7, 11) is 0. The van der Waals surface area contributed by atoms with E-state index in [2.05, 4.69) is 0 Å². The minimum absolute atomic E-state index is 0.292. The molecule has 0 fully saturated rings. The third kappa shape index (κ3) is 3.10. The molecule has 1 heterocycles. The second-order valence-corrected chi connectivity index (χ2v) is 6.85. The lowest BCUT2D eigenvalue weighted by molar-refractivity contribution is 0.714. The molecule has 3 aromatic carbocycles. The van der Waals surface area contributed by atoms with Gasteiger partial charge in [-0.2, -0.15) is 0 Å². The molecule has 0 aliphatic carbocycles. The molecule has 4 nitrogen and oxygen atoms in total. The fraction of sp³-hybridized carbons (Fsp3) is 0.130. The maximum Gasteiger partial charge on any atom is 0.336 e. The number of rotatable bonds is 3. The van der Waals surface area contributed by atoms with Crippen LogP contribution < -0.4 is 11.2 Å². The lowest BCUT2D eigenvalue weighted by Gasteiger charge is -2.14. The second kappa shape index (κ2) is 6.72. The van der Waals surface area contributed by atoms with Crippen LogP contribution in [-0.4, -0.2) is 9.13 Å². The van der Waals surface area contributed by atoms with Gasteiger partial charge in [-0.05, 0) is 43.7 Å². The average Bonchev–Trinajstić information content (AvgIpc) is 2.68. The van der Waals surface area contributed by atoms with E-state index in [1.54, 1.807) is 10.6 Å². The van der Waals surface area contributed by atoms with Crippen LogP contribution in [-0.2, 0) is 6.54 Å². The van der Waals surface area contributed by atoms with Crippen LogP contribution >= 0.6 is 0 Å². The molecule has 0 atom stereocenters. The molecule has 0 N–H and O–H groups in total. The van der Waals surface area contributed by atoms with E-state index in [-0.39, 0.29) is 11.2 Å². The van der Waals surface area contributed by atoms with Crippen molar-refractivity contribution in [3.63, 3.8) is 0 Å². The molecule has 1 aromatic heterocycles. The zero-order chi connectivity index (χ0) is 19.0. The number of benzene rings is 3. The Morgan fingerprint density at radius 2 is 1.33 bits per heavy atom. The molecule has 0 aliphatic heterocycles. The van der Waals surface area contributed by atoms with Gasteiger partial charge in [-0.3, -0.25) is 9.36 Å². The largest absolute Gasteiger partial charge is 0.336 e. The fourth-order valence-electron chi connectivity index (χ4n) is 3.27. The summed E-state index contributed by atoms with van der Waals surface area (Å²) < 4.78 is 2.93. The molecule has 0 radical (unpaired) electrons. The SMILES string of the molecule is Cc1ccc(Cn2c(=O)n(-c3ccc(C)cc3)c(=O)c3ccccc32)cc1. The second-order valence-electron chi connectivity index (χ2n) is 6.85. The van der Waals surface area contributed by atoms with E-state index in [4.69, 9.17) is 0 Å². The summed E-state index contributed by atoms with van der Waals surface area (Å²) in [5, 5.41) is 0.532. The van der Waals surface area contributed by atoms with Crippen molar-refractivity contribution in [2.75, 3.05) is 0 Å². The van der Waals surface area contributed by atoms with Crippen LogP contribution in [0.3, 0.4) is 0 Å². The van der Waals surface area contributed by atoms with Crippen molar-refractivity contribution in [2.24, 2.45) is 0 Å². The van der Waals surface area contributed by atoms with Gasteiger partial charge >= 0.3 is 5.69 Å². The van der Waals surface area contributed by atoms with Gasteiger partial charge in [0.15, 0.2) is 0 Å². The molecule has 0 aliphatic rings. The number of aromatic nitrogens is 2. The molecular weight excluding hydrogens is 336 g/mol. The molecule has 4 aromatic rings. The van der Waals surface area contributed by atoms with E-state index in [1.807, 2.05) is 80.6 Å². The molecule has 4 rings (SSSR count). The number of para-hydroxylation sites is 1. The Bertz CT molecular complexity index is 1230. The number of fused-ring (bicyclic) bond motifs is 1. The van der Waals surface area contributed by atoms with Crippen LogP contribution in [0.15, 0.2) is 82.4 Å². The first-order chi connectivity index (χ1) is 13.0. The van der Waals surface area contributed by atoms with Gasteiger partial charge < -0.3 is 0 Å². The van der Waals surface area contributed by atoms with Crippen molar-refractivity contribution >= 4 is 10.9 Å². The van der Waals surface area contributed by atoms with Crippen LogP contribution in [0.25, 0.3) is 16.6 Å². The molecule has 0 saturated heterocycles. The quantitative estimate of drug-likeness (QED) is 0.560. The Balaban J connectivity index is 2.00. The van der Waals surface area contributed by atoms with E-state index in [9.17, 15) is 9.59 Å². The molecule has 0 amide bonds. The van der Waals surface area contributed by atoms with E-state index in [0.717, 1.165) is 11.1 Å². The highest BCUT2D eigenvalue weighted by Crippen LogP contribution is 2.13. The number of hydrogen-bond acceptors (Lipinski definition) is 2. The predicted molar refractivity (Wildman–Crippen MR) is 109 cm³/mol. The molecular formula is C23H20N2O2. The normalized spacial score (nSPS) is 11.0. The Kier molecular flexibility index (Phi) is 4.24. The van der Waals surface area contributed by atoms with Crippen LogP contribution in [0.2, 0.25) is 0 Å². The Morgan fingerprint density at radius 1 is 0.741 bits per heavy atom. The highest BCUT2D eigenvalue weighted by atomic mass is 16.2. The van der Waals surface area contributed by atoms with Crippen LogP contribution in [0.4, 0.5) is 0 Å². The summed E-state index contributed by atoms with van der Waals surface area (Å²) in [6.45, 7) is 4.41.